The number of rotatable bonds is 4. The molecule has 0 aliphatic heterocycles. The van der Waals surface area contributed by atoms with Crippen LogP contribution >= 0.6 is 23.2 Å². The SMILES string of the molecule is CN(C=N)CC(=O)c1ccc(Cl)cc1Cl. The van der Waals surface area contributed by atoms with Crippen molar-refractivity contribution in [3.8, 4) is 0 Å². The molecule has 0 saturated heterocycles. The Hall–Kier alpha value is -1.06. The number of hydrogen-bond acceptors (Lipinski definition) is 2. The average molecular weight is 245 g/mol. The number of nitrogens with one attached hydrogen (secondary N) is 1. The summed E-state index contributed by atoms with van der Waals surface area (Å²) in [5, 5.41) is 7.78. The quantitative estimate of drug-likeness (QED) is 0.503. The van der Waals surface area contributed by atoms with Gasteiger partial charge in [-0.05, 0) is 18.2 Å². The Morgan fingerprint density at radius 1 is 1.53 bits per heavy atom. The lowest BCUT2D eigenvalue weighted by Crippen LogP contribution is -2.24. The summed E-state index contributed by atoms with van der Waals surface area (Å²) in [6.07, 6.45) is 1.09. The van der Waals surface area contributed by atoms with E-state index in [4.69, 9.17) is 28.6 Å². The molecule has 0 aliphatic carbocycles. The van der Waals surface area contributed by atoms with E-state index >= 15 is 0 Å². The maximum absolute atomic E-state index is 11.7. The Morgan fingerprint density at radius 3 is 2.73 bits per heavy atom. The van der Waals surface area contributed by atoms with Crippen LogP contribution in [-0.2, 0) is 0 Å². The lowest BCUT2D eigenvalue weighted by atomic mass is 10.1. The highest BCUT2D eigenvalue weighted by atomic mass is 35.5. The molecule has 1 N–H and O–H groups in total. The molecule has 15 heavy (non-hydrogen) atoms. The molecular formula is C10H10Cl2N2O. The van der Waals surface area contributed by atoms with Crippen molar-refractivity contribution in [1.29, 1.82) is 5.41 Å². The minimum atomic E-state index is -0.136. The van der Waals surface area contributed by atoms with Gasteiger partial charge in [-0.1, -0.05) is 23.2 Å². The molecular weight excluding hydrogens is 235 g/mol. The van der Waals surface area contributed by atoms with E-state index in [1.54, 1.807) is 19.2 Å². The van der Waals surface area contributed by atoms with E-state index in [2.05, 4.69) is 0 Å². The van der Waals surface area contributed by atoms with Crippen LogP contribution in [0.15, 0.2) is 18.2 Å². The Labute approximate surface area is 98.1 Å². The standard InChI is InChI=1S/C10H10Cl2N2O/c1-14(6-13)5-10(15)8-3-2-7(11)4-9(8)12/h2-4,6,13H,5H2,1H3. The van der Waals surface area contributed by atoms with E-state index in [0.29, 0.717) is 15.6 Å². The van der Waals surface area contributed by atoms with Crippen molar-refractivity contribution in [2.45, 2.75) is 0 Å². The van der Waals surface area contributed by atoms with Crippen LogP contribution in [0.25, 0.3) is 0 Å². The Bertz CT molecular complexity index is 393. The Balaban J connectivity index is 2.87. The molecule has 5 heteroatoms. The summed E-state index contributed by atoms with van der Waals surface area (Å²) in [6.45, 7) is 0.130. The monoisotopic (exact) mass is 244 g/mol. The summed E-state index contributed by atoms with van der Waals surface area (Å²) in [5.41, 5.74) is 0.426. The Morgan fingerprint density at radius 2 is 2.20 bits per heavy atom. The van der Waals surface area contributed by atoms with Crippen molar-refractivity contribution in [2.75, 3.05) is 13.6 Å². The highest BCUT2D eigenvalue weighted by Gasteiger charge is 2.11. The van der Waals surface area contributed by atoms with Gasteiger partial charge in [0, 0.05) is 17.6 Å². The summed E-state index contributed by atoms with van der Waals surface area (Å²) in [5.74, 6) is -0.136. The zero-order valence-electron chi connectivity index (χ0n) is 8.13. The molecule has 0 unspecified atom stereocenters. The van der Waals surface area contributed by atoms with Crippen LogP contribution in [0.1, 0.15) is 10.4 Å². The molecule has 1 aromatic carbocycles. The smallest absolute Gasteiger partial charge is 0.183 e. The lowest BCUT2D eigenvalue weighted by molar-refractivity contribution is 0.0971. The van der Waals surface area contributed by atoms with Crippen molar-refractivity contribution >= 4 is 35.3 Å². The molecule has 1 rings (SSSR count). The number of carbonyl (C=O) groups excluding carboxylic acids is 1. The van der Waals surface area contributed by atoms with Gasteiger partial charge >= 0.3 is 0 Å². The van der Waals surface area contributed by atoms with Gasteiger partial charge in [-0.25, -0.2) is 0 Å². The van der Waals surface area contributed by atoms with Crippen LogP contribution in [-0.4, -0.2) is 30.6 Å². The second-order valence-corrected chi connectivity index (χ2v) is 3.94. The molecule has 0 bridgehead atoms. The molecule has 0 amide bonds. The molecule has 1 aromatic rings. The second kappa shape index (κ2) is 5.14. The van der Waals surface area contributed by atoms with E-state index in [0.717, 1.165) is 6.34 Å². The van der Waals surface area contributed by atoms with Crippen LogP contribution in [0.2, 0.25) is 10.0 Å². The topological polar surface area (TPSA) is 44.2 Å². The normalized spacial score (nSPS) is 9.80. The fourth-order valence-corrected chi connectivity index (χ4v) is 1.59. The van der Waals surface area contributed by atoms with Gasteiger partial charge in [-0.15, -0.1) is 0 Å². The lowest BCUT2D eigenvalue weighted by Gasteiger charge is -2.11. The average Bonchev–Trinajstić information content (AvgIpc) is 2.17. The molecule has 0 aliphatic rings. The molecule has 0 heterocycles. The van der Waals surface area contributed by atoms with E-state index in [9.17, 15) is 4.79 Å². The maximum Gasteiger partial charge on any atom is 0.183 e. The fraction of sp³-hybridized carbons (Fsp3) is 0.200. The zero-order valence-corrected chi connectivity index (χ0v) is 9.64. The first-order chi connectivity index (χ1) is 7.04. The number of nitrogens with zero attached hydrogens (tertiary/aromatic N) is 1. The highest BCUT2D eigenvalue weighted by Crippen LogP contribution is 2.21. The molecule has 0 atom stereocenters. The molecule has 0 fully saturated rings. The first kappa shape index (κ1) is 12.0. The van der Waals surface area contributed by atoms with Gasteiger partial charge in [0.05, 0.1) is 17.9 Å². The summed E-state index contributed by atoms with van der Waals surface area (Å²) >= 11 is 11.6. The summed E-state index contributed by atoms with van der Waals surface area (Å²) in [4.78, 5) is 13.1. The molecule has 0 radical (unpaired) electrons. The van der Waals surface area contributed by atoms with Crippen molar-refractivity contribution in [3.05, 3.63) is 33.8 Å². The first-order valence-corrected chi connectivity index (χ1v) is 4.99. The number of ketones is 1. The van der Waals surface area contributed by atoms with E-state index < -0.39 is 0 Å². The van der Waals surface area contributed by atoms with Gasteiger partial charge < -0.3 is 4.90 Å². The van der Waals surface area contributed by atoms with Gasteiger partial charge in [-0.3, -0.25) is 10.2 Å². The molecule has 0 aromatic heterocycles. The highest BCUT2D eigenvalue weighted by molar-refractivity contribution is 6.36. The van der Waals surface area contributed by atoms with Crippen molar-refractivity contribution in [3.63, 3.8) is 0 Å². The molecule has 3 nitrogen and oxygen atoms in total. The minimum absolute atomic E-state index is 0.130. The van der Waals surface area contributed by atoms with Gasteiger partial charge in [0.15, 0.2) is 5.78 Å². The number of halogens is 2. The summed E-state index contributed by atoms with van der Waals surface area (Å²) < 4.78 is 0. The minimum Gasteiger partial charge on any atom is -0.358 e. The molecule has 0 saturated carbocycles. The summed E-state index contributed by atoms with van der Waals surface area (Å²) in [6, 6.07) is 4.73. The largest absolute Gasteiger partial charge is 0.358 e. The molecule has 0 spiro atoms. The predicted molar refractivity (Wildman–Crippen MR) is 62.2 cm³/mol. The fourth-order valence-electron chi connectivity index (χ4n) is 1.07. The van der Waals surface area contributed by atoms with Crippen LogP contribution in [0.3, 0.4) is 0 Å². The van der Waals surface area contributed by atoms with Gasteiger partial charge in [-0.2, -0.15) is 0 Å². The second-order valence-electron chi connectivity index (χ2n) is 3.09. The van der Waals surface area contributed by atoms with Crippen LogP contribution in [0.5, 0.6) is 0 Å². The van der Waals surface area contributed by atoms with Crippen molar-refractivity contribution in [1.82, 2.24) is 4.90 Å². The number of hydrogen-bond donors (Lipinski definition) is 1. The summed E-state index contributed by atoms with van der Waals surface area (Å²) in [7, 11) is 1.65. The van der Waals surface area contributed by atoms with Crippen LogP contribution < -0.4 is 0 Å². The number of benzene rings is 1. The Kier molecular flexibility index (Phi) is 4.12. The van der Waals surface area contributed by atoms with Gasteiger partial charge in [0.25, 0.3) is 0 Å². The number of likely N-dealkylation sites (N-methyl/N-ethyl adjacent to an activating group) is 1. The third kappa shape index (κ3) is 3.22. The van der Waals surface area contributed by atoms with E-state index in [1.165, 1.54) is 11.0 Å². The third-order valence-electron chi connectivity index (χ3n) is 1.84. The van der Waals surface area contributed by atoms with Gasteiger partial charge in [0.2, 0.25) is 0 Å². The van der Waals surface area contributed by atoms with E-state index in [-0.39, 0.29) is 12.3 Å². The maximum atomic E-state index is 11.7. The number of Topliss-reactive ketones (excluding diaryl/α,β-unsaturated/α-hetero) is 1. The van der Waals surface area contributed by atoms with Gasteiger partial charge in [0.1, 0.15) is 0 Å². The molecule has 80 valence electrons. The van der Waals surface area contributed by atoms with Crippen LogP contribution in [0.4, 0.5) is 0 Å². The van der Waals surface area contributed by atoms with Crippen LogP contribution in [0, 0.1) is 5.41 Å². The zero-order chi connectivity index (χ0) is 11.4. The van der Waals surface area contributed by atoms with Crippen molar-refractivity contribution < 1.29 is 4.79 Å². The predicted octanol–water partition coefficient (Wildman–Crippen LogP) is 2.71. The van der Waals surface area contributed by atoms with E-state index in [1.807, 2.05) is 0 Å². The number of carbonyl (C=O) groups is 1. The van der Waals surface area contributed by atoms with Crippen molar-refractivity contribution in [2.24, 2.45) is 0 Å². The first-order valence-electron chi connectivity index (χ1n) is 4.23. The third-order valence-corrected chi connectivity index (χ3v) is 2.39.